The molecule has 0 aromatic heterocycles. The van der Waals surface area contributed by atoms with Crippen molar-refractivity contribution in [3.05, 3.63) is 99.8 Å². The maximum atomic E-state index is 15.2. The van der Waals surface area contributed by atoms with Gasteiger partial charge in [-0.25, -0.2) is 22.0 Å². The molecule has 182 valence electrons. The summed E-state index contributed by atoms with van der Waals surface area (Å²) in [5.74, 6) is -3.65. The fourth-order valence-corrected chi connectivity index (χ4v) is 4.07. The van der Waals surface area contributed by atoms with E-state index in [9.17, 15) is 17.6 Å². The first-order valence-electron chi connectivity index (χ1n) is 11.2. The summed E-state index contributed by atoms with van der Waals surface area (Å²) < 4.78 is 77.4. The number of benzene rings is 4. The monoisotopic (exact) mass is 504 g/mol. The highest BCUT2D eigenvalue weighted by molar-refractivity contribution is 6.30. The smallest absolute Gasteiger partial charge is 0.145 e. The molecular formula is C28H22ClF5O. The maximum Gasteiger partial charge on any atom is 0.145 e. The highest BCUT2D eigenvalue weighted by Gasteiger charge is 2.16. The van der Waals surface area contributed by atoms with Gasteiger partial charge in [-0.15, -0.1) is 0 Å². The molecule has 0 saturated carbocycles. The highest BCUT2D eigenvalue weighted by atomic mass is 35.5. The number of unbranched alkanes of at least 4 members (excludes halogenated alkanes) is 1. The Morgan fingerprint density at radius 1 is 0.771 bits per heavy atom. The molecular weight excluding hydrogens is 483 g/mol. The number of halogens is 6. The number of hydrogen-bond acceptors (Lipinski definition) is 1. The van der Waals surface area contributed by atoms with Crippen molar-refractivity contribution in [2.24, 2.45) is 0 Å². The zero-order valence-electron chi connectivity index (χ0n) is 18.9. The normalized spacial score (nSPS) is 11.3. The Balaban J connectivity index is 1.59. The molecule has 0 N–H and O–H groups in total. The van der Waals surface area contributed by atoms with Gasteiger partial charge >= 0.3 is 0 Å². The van der Waals surface area contributed by atoms with Gasteiger partial charge in [0.2, 0.25) is 0 Å². The fourth-order valence-electron chi connectivity index (χ4n) is 3.96. The van der Waals surface area contributed by atoms with E-state index in [0.717, 1.165) is 37.1 Å². The van der Waals surface area contributed by atoms with E-state index in [1.807, 2.05) is 6.92 Å². The van der Waals surface area contributed by atoms with Crippen LogP contribution in [0.2, 0.25) is 5.02 Å². The molecule has 0 heterocycles. The second kappa shape index (κ2) is 10.6. The van der Waals surface area contributed by atoms with E-state index in [4.69, 9.17) is 16.3 Å². The lowest BCUT2D eigenvalue weighted by molar-refractivity contribution is 0.306. The second-order valence-corrected chi connectivity index (χ2v) is 8.69. The number of ether oxygens (including phenoxy) is 1. The highest BCUT2D eigenvalue weighted by Crippen LogP contribution is 2.33. The van der Waals surface area contributed by atoms with Crippen LogP contribution in [0.15, 0.2) is 54.6 Å². The van der Waals surface area contributed by atoms with Crippen LogP contribution in [-0.4, -0.2) is 6.61 Å². The Hall–Kier alpha value is -3.12. The van der Waals surface area contributed by atoms with Crippen molar-refractivity contribution < 1.29 is 26.7 Å². The quantitative estimate of drug-likeness (QED) is 0.132. The molecule has 0 amide bonds. The standard InChI is InChI=1S/C28H22ClF5O/c1-2-3-10-35-20-14-22(30)26(23(31)15-20)19-8-9-21-18(13-19)7-6-17(28(21)34)5-4-16-11-24(32)27(29)25(33)12-16/h6-9,11-15H,2-5,10H2,1H3. The van der Waals surface area contributed by atoms with Crippen LogP contribution in [0.5, 0.6) is 5.75 Å². The SMILES string of the molecule is CCCCOc1cc(F)c(-c2ccc3c(F)c(CCc4cc(F)c(Cl)c(F)c4)ccc3c2)c(F)c1. The van der Waals surface area contributed by atoms with Gasteiger partial charge in [-0.1, -0.05) is 49.2 Å². The molecule has 1 nitrogen and oxygen atoms in total. The van der Waals surface area contributed by atoms with E-state index in [2.05, 4.69) is 0 Å². The average Bonchev–Trinajstić information content (AvgIpc) is 2.82. The first kappa shape index (κ1) is 25.0. The minimum absolute atomic E-state index is 0.120. The number of hydrogen-bond donors (Lipinski definition) is 0. The minimum Gasteiger partial charge on any atom is -0.493 e. The minimum atomic E-state index is -0.867. The second-order valence-electron chi connectivity index (χ2n) is 8.31. The van der Waals surface area contributed by atoms with E-state index < -0.39 is 34.1 Å². The van der Waals surface area contributed by atoms with Crippen molar-refractivity contribution in [3.63, 3.8) is 0 Å². The average molecular weight is 505 g/mol. The Labute approximate surface area is 205 Å². The summed E-state index contributed by atoms with van der Waals surface area (Å²) in [5, 5.41) is 0.169. The van der Waals surface area contributed by atoms with Gasteiger partial charge in [0.1, 0.15) is 39.9 Å². The largest absolute Gasteiger partial charge is 0.493 e. The Morgan fingerprint density at radius 3 is 2.11 bits per heavy atom. The van der Waals surface area contributed by atoms with E-state index >= 15 is 4.39 Å². The molecule has 35 heavy (non-hydrogen) atoms. The van der Waals surface area contributed by atoms with Gasteiger partial charge in [0.15, 0.2) is 0 Å². The molecule has 0 unspecified atom stereocenters. The molecule has 0 aliphatic heterocycles. The molecule has 0 bridgehead atoms. The van der Waals surface area contributed by atoms with Gasteiger partial charge in [0.05, 0.1) is 12.2 Å². The van der Waals surface area contributed by atoms with Crippen molar-refractivity contribution in [1.29, 1.82) is 0 Å². The van der Waals surface area contributed by atoms with Crippen LogP contribution in [0.4, 0.5) is 22.0 Å². The van der Waals surface area contributed by atoms with E-state index in [1.165, 1.54) is 18.2 Å². The zero-order chi connectivity index (χ0) is 25.1. The molecule has 4 rings (SSSR count). The van der Waals surface area contributed by atoms with Crippen molar-refractivity contribution >= 4 is 22.4 Å². The molecule has 0 spiro atoms. The predicted octanol–water partition coefficient (Wildman–Crippen LogP) is 8.82. The van der Waals surface area contributed by atoms with Gasteiger partial charge in [0, 0.05) is 17.5 Å². The summed E-state index contributed by atoms with van der Waals surface area (Å²) in [6.45, 7) is 2.36. The van der Waals surface area contributed by atoms with E-state index in [1.54, 1.807) is 12.1 Å². The van der Waals surface area contributed by atoms with Crippen LogP contribution in [0.25, 0.3) is 21.9 Å². The lowest BCUT2D eigenvalue weighted by atomic mass is 9.96. The van der Waals surface area contributed by atoms with Crippen LogP contribution < -0.4 is 4.74 Å². The zero-order valence-corrected chi connectivity index (χ0v) is 19.7. The number of aryl methyl sites for hydroxylation is 2. The molecule has 0 aliphatic carbocycles. The van der Waals surface area contributed by atoms with Crippen molar-refractivity contribution in [3.8, 4) is 16.9 Å². The van der Waals surface area contributed by atoms with Crippen molar-refractivity contribution in [2.75, 3.05) is 6.61 Å². The van der Waals surface area contributed by atoms with Crippen LogP contribution in [-0.2, 0) is 12.8 Å². The van der Waals surface area contributed by atoms with E-state index in [-0.39, 0.29) is 35.1 Å². The summed E-state index contributed by atoms with van der Waals surface area (Å²) in [6, 6.07) is 12.2. The molecule has 4 aromatic rings. The first-order chi connectivity index (χ1) is 16.8. The maximum absolute atomic E-state index is 15.2. The Morgan fingerprint density at radius 2 is 1.46 bits per heavy atom. The van der Waals surface area contributed by atoms with Gasteiger partial charge in [-0.3, -0.25) is 0 Å². The molecule has 4 aromatic carbocycles. The third kappa shape index (κ3) is 5.43. The molecule has 0 aliphatic rings. The predicted molar refractivity (Wildman–Crippen MR) is 128 cm³/mol. The first-order valence-corrected chi connectivity index (χ1v) is 11.6. The summed E-state index contributed by atoms with van der Waals surface area (Å²) >= 11 is 5.50. The molecule has 0 atom stereocenters. The number of rotatable bonds is 8. The van der Waals surface area contributed by atoms with Crippen LogP contribution in [0, 0.1) is 29.1 Å². The van der Waals surface area contributed by atoms with Gasteiger partial charge in [-0.05, 0) is 59.5 Å². The summed E-state index contributed by atoms with van der Waals surface area (Å²) in [7, 11) is 0. The Bertz CT molecular complexity index is 1340. The molecule has 0 saturated heterocycles. The third-order valence-corrected chi connectivity index (χ3v) is 6.19. The van der Waals surface area contributed by atoms with E-state index in [0.29, 0.717) is 23.1 Å². The summed E-state index contributed by atoms with van der Waals surface area (Å²) in [5.41, 5.74) is 0.761. The molecule has 7 heteroatoms. The van der Waals surface area contributed by atoms with Crippen LogP contribution in [0.3, 0.4) is 0 Å². The lowest BCUT2D eigenvalue weighted by Gasteiger charge is -2.12. The molecule has 0 fully saturated rings. The van der Waals surface area contributed by atoms with Crippen LogP contribution >= 0.6 is 11.6 Å². The van der Waals surface area contributed by atoms with Crippen molar-refractivity contribution in [2.45, 2.75) is 32.6 Å². The topological polar surface area (TPSA) is 9.23 Å². The van der Waals surface area contributed by atoms with Crippen LogP contribution in [0.1, 0.15) is 30.9 Å². The van der Waals surface area contributed by atoms with Gasteiger partial charge in [0.25, 0.3) is 0 Å². The summed E-state index contributed by atoms with van der Waals surface area (Å²) in [6.07, 6.45) is 2.08. The van der Waals surface area contributed by atoms with Crippen molar-refractivity contribution in [1.82, 2.24) is 0 Å². The Kier molecular flexibility index (Phi) is 7.60. The lowest BCUT2D eigenvalue weighted by Crippen LogP contribution is -2.00. The van der Waals surface area contributed by atoms with Gasteiger partial charge < -0.3 is 4.74 Å². The van der Waals surface area contributed by atoms with Gasteiger partial charge in [-0.2, -0.15) is 0 Å². The third-order valence-electron chi connectivity index (χ3n) is 5.83. The fraction of sp³-hybridized carbons (Fsp3) is 0.214. The summed E-state index contributed by atoms with van der Waals surface area (Å²) in [4.78, 5) is 0. The molecule has 0 radical (unpaired) electrons. The number of fused-ring (bicyclic) bond motifs is 1.